The zero-order chi connectivity index (χ0) is 20.2. The van der Waals surface area contributed by atoms with Gasteiger partial charge in [-0.3, -0.25) is 9.59 Å². The Hall–Kier alpha value is -3.40. The van der Waals surface area contributed by atoms with Gasteiger partial charge in [0.15, 0.2) is 0 Å². The number of nitrogens with zero attached hydrogens (tertiary/aromatic N) is 1. The Balaban J connectivity index is 1.35. The molecule has 1 heterocycles. The number of anilines is 2. The van der Waals surface area contributed by atoms with Crippen LogP contribution in [-0.2, 0) is 17.6 Å². The van der Waals surface area contributed by atoms with Gasteiger partial charge in [0.1, 0.15) is 0 Å². The molecule has 1 aliphatic rings. The zero-order valence-corrected chi connectivity index (χ0v) is 16.5. The van der Waals surface area contributed by atoms with Crippen molar-refractivity contribution in [1.82, 2.24) is 0 Å². The van der Waals surface area contributed by atoms with E-state index < -0.39 is 0 Å². The Bertz CT molecular complexity index is 1020. The van der Waals surface area contributed by atoms with Crippen molar-refractivity contribution < 1.29 is 9.59 Å². The van der Waals surface area contributed by atoms with Crippen molar-refractivity contribution in [3.8, 4) is 0 Å². The maximum absolute atomic E-state index is 12.9. The largest absolute Gasteiger partial charge is 0.326 e. The van der Waals surface area contributed by atoms with Crippen molar-refractivity contribution in [2.75, 3.05) is 16.8 Å². The molecule has 2 amide bonds. The lowest BCUT2D eigenvalue weighted by molar-refractivity contribution is -0.116. The van der Waals surface area contributed by atoms with Crippen LogP contribution in [0.4, 0.5) is 11.4 Å². The average molecular weight is 384 g/mol. The molecule has 0 radical (unpaired) electrons. The van der Waals surface area contributed by atoms with Gasteiger partial charge in [0, 0.05) is 29.9 Å². The van der Waals surface area contributed by atoms with Crippen LogP contribution in [-0.4, -0.2) is 18.4 Å². The zero-order valence-electron chi connectivity index (χ0n) is 16.5. The van der Waals surface area contributed by atoms with Crippen molar-refractivity contribution in [3.05, 3.63) is 95.1 Å². The molecule has 0 unspecified atom stereocenters. The summed E-state index contributed by atoms with van der Waals surface area (Å²) in [5, 5.41) is 2.91. The molecule has 4 heteroatoms. The Morgan fingerprint density at radius 2 is 1.66 bits per heavy atom. The number of amides is 2. The summed E-state index contributed by atoms with van der Waals surface area (Å²) in [5.74, 6) is -0.0367. The molecule has 1 N–H and O–H groups in total. The summed E-state index contributed by atoms with van der Waals surface area (Å²) in [5.41, 5.74) is 5.89. The summed E-state index contributed by atoms with van der Waals surface area (Å²) in [4.78, 5) is 26.9. The van der Waals surface area contributed by atoms with E-state index in [1.54, 1.807) is 24.3 Å². The third-order valence-corrected chi connectivity index (χ3v) is 5.31. The monoisotopic (exact) mass is 384 g/mol. The van der Waals surface area contributed by atoms with E-state index in [0.29, 0.717) is 30.6 Å². The highest BCUT2D eigenvalue weighted by Gasteiger charge is 2.24. The lowest BCUT2D eigenvalue weighted by atomic mass is 10.1. The van der Waals surface area contributed by atoms with Gasteiger partial charge >= 0.3 is 0 Å². The summed E-state index contributed by atoms with van der Waals surface area (Å²) in [6, 6.07) is 23.4. The molecule has 0 bridgehead atoms. The fourth-order valence-corrected chi connectivity index (χ4v) is 3.64. The van der Waals surface area contributed by atoms with Crippen LogP contribution >= 0.6 is 0 Å². The molecule has 0 aromatic heterocycles. The van der Waals surface area contributed by atoms with E-state index in [4.69, 9.17) is 0 Å². The summed E-state index contributed by atoms with van der Waals surface area (Å²) in [6.45, 7) is 2.75. The van der Waals surface area contributed by atoms with Crippen LogP contribution < -0.4 is 10.2 Å². The molecule has 0 saturated heterocycles. The molecule has 4 rings (SSSR count). The minimum absolute atomic E-state index is 0.00722. The first-order valence-electron chi connectivity index (χ1n) is 9.95. The number of rotatable bonds is 5. The first-order valence-corrected chi connectivity index (χ1v) is 9.95. The highest BCUT2D eigenvalue weighted by atomic mass is 16.2. The molecule has 3 aromatic rings. The minimum atomic E-state index is -0.0295. The second kappa shape index (κ2) is 8.31. The molecule has 4 nitrogen and oxygen atoms in total. The molecule has 0 aliphatic carbocycles. The van der Waals surface area contributed by atoms with Crippen molar-refractivity contribution in [3.63, 3.8) is 0 Å². The van der Waals surface area contributed by atoms with E-state index in [0.717, 1.165) is 17.7 Å². The molecular formula is C25H24N2O2. The summed E-state index contributed by atoms with van der Waals surface area (Å²) in [6.07, 6.45) is 2.02. The van der Waals surface area contributed by atoms with Crippen LogP contribution in [0.15, 0.2) is 72.8 Å². The maximum Gasteiger partial charge on any atom is 0.258 e. The topological polar surface area (TPSA) is 49.4 Å². The molecule has 0 atom stereocenters. The second-order valence-electron chi connectivity index (χ2n) is 7.45. The van der Waals surface area contributed by atoms with Gasteiger partial charge in [-0.25, -0.2) is 0 Å². The molecular weight excluding hydrogens is 360 g/mol. The van der Waals surface area contributed by atoms with Gasteiger partial charge in [-0.05, 0) is 61.2 Å². The Morgan fingerprint density at radius 3 is 2.41 bits per heavy atom. The molecule has 0 spiro atoms. The number of carbonyl (C=O) groups excluding carboxylic acids is 2. The molecule has 0 fully saturated rings. The Morgan fingerprint density at radius 1 is 0.931 bits per heavy atom. The van der Waals surface area contributed by atoms with E-state index >= 15 is 0 Å². The minimum Gasteiger partial charge on any atom is -0.326 e. The van der Waals surface area contributed by atoms with E-state index in [-0.39, 0.29) is 11.8 Å². The molecule has 1 aliphatic heterocycles. The van der Waals surface area contributed by atoms with Crippen LogP contribution in [0.3, 0.4) is 0 Å². The third-order valence-electron chi connectivity index (χ3n) is 5.31. The number of nitrogens with one attached hydrogen (secondary N) is 1. The van der Waals surface area contributed by atoms with Gasteiger partial charge < -0.3 is 10.2 Å². The van der Waals surface area contributed by atoms with Crippen LogP contribution in [0.5, 0.6) is 0 Å². The number of hydrogen-bond donors (Lipinski definition) is 1. The van der Waals surface area contributed by atoms with Crippen LogP contribution in [0.1, 0.15) is 33.5 Å². The molecule has 0 saturated carbocycles. The first-order chi connectivity index (χ1) is 14.1. The lowest BCUT2D eigenvalue weighted by Crippen LogP contribution is -2.28. The standard InChI is InChI=1S/C25H24N2O2/c1-18-6-8-19(9-7-18)10-15-24(28)26-22-13-11-21(12-14-22)25(29)27-17-16-20-4-2-3-5-23(20)27/h2-9,11-14H,10,15-17H2,1H3,(H,26,28). The highest BCUT2D eigenvalue weighted by Crippen LogP contribution is 2.29. The van der Waals surface area contributed by atoms with Crippen molar-refractivity contribution in [2.24, 2.45) is 0 Å². The van der Waals surface area contributed by atoms with E-state index in [1.807, 2.05) is 30.0 Å². The van der Waals surface area contributed by atoms with Crippen molar-refractivity contribution in [1.29, 1.82) is 0 Å². The van der Waals surface area contributed by atoms with Gasteiger partial charge in [0.2, 0.25) is 5.91 Å². The number of fused-ring (bicyclic) bond motifs is 1. The fourth-order valence-electron chi connectivity index (χ4n) is 3.64. The van der Waals surface area contributed by atoms with Gasteiger partial charge in [0.25, 0.3) is 5.91 Å². The maximum atomic E-state index is 12.9. The lowest BCUT2D eigenvalue weighted by Gasteiger charge is -2.17. The summed E-state index contributed by atoms with van der Waals surface area (Å²) < 4.78 is 0. The smallest absolute Gasteiger partial charge is 0.258 e. The average Bonchev–Trinajstić information content (AvgIpc) is 3.17. The van der Waals surface area contributed by atoms with Gasteiger partial charge in [-0.1, -0.05) is 48.0 Å². The van der Waals surface area contributed by atoms with Gasteiger partial charge in [0.05, 0.1) is 0 Å². The van der Waals surface area contributed by atoms with Crippen molar-refractivity contribution in [2.45, 2.75) is 26.2 Å². The van der Waals surface area contributed by atoms with Crippen LogP contribution in [0.25, 0.3) is 0 Å². The predicted molar refractivity (Wildman–Crippen MR) is 116 cm³/mol. The fraction of sp³-hybridized carbons (Fsp3) is 0.200. The van der Waals surface area contributed by atoms with Gasteiger partial charge in [-0.15, -0.1) is 0 Å². The van der Waals surface area contributed by atoms with Gasteiger partial charge in [-0.2, -0.15) is 0 Å². The van der Waals surface area contributed by atoms with Crippen LogP contribution in [0.2, 0.25) is 0 Å². The number of carbonyl (C=O) groups is 2. The second-order valence-corrected chi connectivity index (χ2v) is 7.45. The number of hydrogen-bond acceptors (Lipinski definition) is 2. The third kappa shape index (κ3) is 4.37. The first kappa shape index (κ1) is 18.9. The number of para-hydroxylation sites is 1. The number of aryl methyl sites for hydroxylation is 2. The summed E-state index contributed by atoms with van der Waals surface area (Å²) >= 11 is 0. The van der Waals surface area contributed by atoms with Crippen LogP contribution in [0, 0.1) is 6.92 Å². The van der Waals surface area contributed by atoms with E-state index in [9.17, 15) is 9.59 Å². The predicted octanol–water partition coefficient (Wildman–Crippen LogP) is 4.77. The normalized spacial score (nSPS) is 12.5. The van der Waals surface area contributed by atoms with Crippen molar-refractivity contribution >= 4 is 23.2 Å². The van der Waals surface area contributed by atoms with E-state index in [2.05, 4.69) is 35.6 Å². The highest BCUT2D eigenvalue weighted by molar-refractivity contribution is 6.07. The SMILES string of the molecule is Cc1ccc(CCC(=O)Nc2ccc(C(=O)N3CCc4ccccc43)cc2)cc1. The number of benzene rings is 3. The van der Waals surface area contributed by atoms with E-state index in [1.165, 1.54) is 11.1 Å². The Labute approximate surface area is 171 Å². The Kier molecular flexibility index (Phi) is 5.43. The molecule has 29 heavy (non-hydrogen) atoms. The molecule has 146 valence electrons. The molecule has 3 aromatic carbocycles. The quantitative estimate of drug-likeness (QED) is 0.689. The summed E-state index contributed by atoms with van der Waals surface area (Å²) in [7, 11) is 0.